The van der Waals surface area contributed by atoms with Crippen molar-refractivity contribution in [2.24, 2.45) is 0 Å². The lowest BCUT2D eigenvalue weighted by Gasteiger charge is -2.02. The molecule has 2 heterocycles. The Kier molecular flexibility index (Phi) is 3.68. The van der Waals surface area contributed by atoms with Crippen molar-refractivity contribution < 1.29 is 0 Å². The normalized spacial score (nSPS) is 10.8. The number of thiazole rings is 1. The maximum atomic E-state index is 4.71. The van der Waals surface area contributed by atoms with E-state index < -0.39 is 0 Å². The zero-order valence-corrected chi connectivity index (χ0v) is 13.6. The first kappa shape index (κ1) is 13.5. The van der Waals surface area contributed by atoms with Crippen molar-refractivity contribution in [2.45, 2.75) is 13.8 Å². The number of pyridine rings is 1. The molecule has 3 rings (SSSR count). The van der Waals surface area contributed by atoms with Gasteiger partial charge in [0.25, 0.3) is 0 Å². The highest BCUT2D eigenvalue weighted by atomic mass is 79.9. The first-order chi connectivity index (χ1) is 9.63. The molecule has 0 atom stereocenters. The zero-order chi connectivity index (χ0) is 14.1. The van der Waals surface area contributed by atoms with Crippen LogP contribution < -0.4 is 0 Å². The van der Waals surface area contributed by atoms with Crippen LogP contribution in [-0.2, 0) is 0 Å². The van der Waals surface area contributed by atoms with Gasteiger partial charge in [0.15, 0.2) is 0 Å². The summed E-state index contributed by atoms with van der Waals surface area (Å²) >= 11 is 5.08. The van der Waals surface area contributed by atoms with Crippen molar-refractivity contribution in [3.63, 3.8) is 0 Å². The molecule has 0 bridgehead atoms. The molecular weight excluding hydrogens is 332 g/mol. The number of nitrogens with zero attached hydrogens (tertiary/aromatic N) is 2. The highest BCUT2D eigenvalue weighted by molar-refractivity contribution is 9.10. The Labute approximate surface area is 130 Å². The molecule has 0 saturated carbocycles. The van der Waals surface area contributed by atoms with E-state index >= 15 is 0 Å². The summed E-state index contributed by atoms with van der Waals surface area (Å²) in [5, 5.41) is 3.06. The van der Waals surface area contributed by atoms with Gasteiger partial charge in [0.1, 0.15) is 10.7 Å². The molecule has 0 radical (unpaired) electrons. The van der Waals surface area contributed by atoms with Gasteiger partial charge in [-0.25, -0.2) is 4.98 Å². The van der Waals surface area contributed by atoms with Gasteiger partial charge < -0.3 is 0 Å². The fourth-order valence-corrected chi connectivity index (χ4v) is 3.23. The van der Waals surface area contributed by atoms with Crippen molar-refractivity contribution in [1.29, 1.82) is 0 Å². The van der Waals surface area contributed by atoms with Crippen molar-refractivity contribution >= 4 is 27.3 Å². The predicted octanol–water partition coefficient (Wildman–Crippen LogP) is 5.25. The summed E-state index contributed by atoms with van der Waals surface area (Å²) in [6.45, 7) is 4.13. The van der Waals surface area contributed by atoms with Gasteiger partial charge in [-0.2, -0.15) is 0 Å². The minimum atomic E-state index is 0.973. The predicted molar refractivity (Wildman–Crippen MR) is 88.0 cm³/mol. The third-order valence-corrected chi connectivity index (χ3v) is 4.44. The van der Waals surface area contributed by atoms with Crippen molar-refractivity contribution in [3.8, 4) is 22.0 Å². The average Bonchev–Trinajstić information content (AvgIpc) is 2.89. The number of hydrogen-bond acceptors (Lipinski definition) is 3. The summed E-state index contributed by atoms with van der Waals surface area (Å²) in [4.78, 5) is 9.22. The molecule has 0 aliphatic carbocycles. The van der Waals surface area contributed by atoms with E-state index in [0.717, 1.165) is 26.4 Å². The largest absolute Gasteiger partial charge is 0.253 e. The average molecular weight is 345 g/mol. The molecule has 0 aliphatic rings. The van der Waals surface area contributed by atoms with E-state index in [0.29, 0.717) is 0 Å². The van der Waals surface area contributed by atoms with Crippen LogP contribution in [0.25, 0.3) is 22.0 Å². The van der Waals surface area contributed by atoms with Crippen molar-refractivity contribution in [3.05, 3.63) is 57.5 Å². The molecule has 3 aromatic rings. The summed E-state index contributed by atoms with van der Waals surface area (Å²) in [5.41, 5.74) is 5.45. The number of hydrogen-bond donors (Lipinski definition) is 0. The van der Waals surface area contributed by atoms with Crippen LogP contribution in [0.4, 0.5) is 0 Å². The zero-order valence-electron chi connectivity index (χ0n) is 11.2. The molecule has 100 valence electrons. The van der Waals surface area contributed by atoms with Gasteiger partial charge in [-0.05, 0) is 37.1 Å². The Morgan fingerprint density at radius 2 is 1.85 bits per heavy atom. The molecule has 0 fully saturated rings. The SMILES string of the molecule is Cc1cnc(-c2nc(-c3ccc(Br)cc3)cs2)c(C)c1. The third kappa shape index (κ3) is 2.67. The number of halogens is 1. The van der Waals surface area contributed by atoms with E-state index in [-0.39, 0.29) is 0 Å². The third-order valence-electron chi connectivity index (χ3n) is 3.06. The molecule has 1 aromatic carbocycles. The van der Waals surface area contributed by atoms with Crippen LogP contribution in [0.15, 0.2) is 46.4 Å². The fourth-order valence-electron chi connectivity index (χ4n) is 2.07. The molecule has 4 heteroatoms. The Morgan fingerprint density at radius 1 is 1.10 bits per heavy atom. The standard InChI is InChI=1S/C16H13BrN2S/c1-10-7-11(2)15(18-8-10)16-19-14(9-20-16)12-3-5-13(17)6-4-12/h3-9H,1-2H3. The topological polar surface area (TPSA) is 25.8 Å². The van der Waals surface area contributed by atoms with Crippen LogP contribution in [0, 0.1) is 13.8 Å². The van der Waals surface area contributed by atoms with Gasteiger partial charge in [0.05, 0.1) is 5.69 Å². The van der Waals surface area contributed by atoms with E-state index in [4.69, 9.17) is 4.98 Å². The molecule has 20 heavy (non-hydrogen) atoms. The van der Waals surface area contributed by atoms with Crippen LogP contribution in [0.1, 0.15) is 11.1 Å². The van der Waals surface area contributed by atoms with Crippen LogP contribution in [0.2, 0.25) is 0 Å². The van der Waals surface area contributed by atoms with Gasteiger partial charge in [-0.15, -0.1) is 11.3 Å². The molecule has 0 aliphatic heterocycles. The number of aromatic nitrogens is 2. The lowest BCUT2D eigenvalue weighted by Crippen LogP contribution is -1.89. The summed E-state index contributed by atoms with van der Waals surface area (Å²) in [6.07, 6.45) is 1.89. The quantitative estimate of drug-likeness (QED) is 0.634. The van der Waals surface area contributed by atoms with E-state index in [1.54, 1.807) is 11.3 Å². The highest BCUT2D eigenvalue weighted by Gasteiger charge is 2.10. The molecule has 0 amide bonds. The molecule has 2 nitrogen and oxygen atoms in total. The minimum absolute atomic E-state index is 0.973. The molecule has 2 aromatic heterocycles. The first-order valence-corrected chi connectivity index (χ1v) is 7.96. The minimum Gasteiger partial charge on any atom is -0.253 e. The summed E-state index contributed by atoms with van der Waals surface area (Å²) < 4.78 is 1.08. The first-order valence-electron chi connectivity index (χ1n) is 6.28. The van der Waals surface area contributed by atoms with Crippen molar-refractivity contribution in [2.75, 3.05) is 0 Å². The maximum Gasteiger partial charge on any atom is 0.142 e. The van der Waals surface area contributed by atoms with Crippen LogP contribution in [0.5, 0.6) is 0 Å². The molecular formula is C16H13BrN2S. The second-order valence-corrected chi connectivity index (χ2v) is 6.50. The number of rotatable bonds is 2. The Hall–Kier alpha value is -1.52. The Morgan fingerprint density at radius 3 is 2.55 bits per heavy atom. The van der Waals surface area contributed by atoms with Gasteiger partial charge in [0.2, 0.25) is 0 Å². The second kappa shape index (κ2) is 5.46. The lowest BCUT2D eigenvalue weighted by atomic mass is 10.1. The summed E-state index contributed by atoms with van der Waals surface area (Å²) in [5.74, 6) is 0. The maximum absolute atomic E-state index is 4.71. The fraction of sp³-hybridized carbons (Fsp3) is 0.125. The second-order valence-electron chi connectivity index (χ2n) is 4.72. The Bertz CT molecular complexity index is 747. The lowest BCUT2D eigenvalue weighted by molar-refractivity contribution is 1.21. The van der Waals surface area contributed by atoms with E-state index in [1.165, 1.54) is 11.1 Å². The monoisotopic (exact) mass is 344 g/mol. The van der Waals surface area contributed by atoms with Crippen LogP contribution in [0.3, 0.4) is 0 Å². The molecule has 0 spiro atoms. The molecule has 0 N–H and O–H groups in total. The van der Waals surface area contributed by atoms with Gasteiger partial charge in [-0.1, -0.05) is 34.1 Å². The summed E-state index contributed by atoms with van der Waals surface area (Å²) in [7, 11) is 0. The summed E-state index contributed by atoms with van der Waals surface area (Å²) in [6, 6.07) is 10.3. The Balaban J connectivity index is 1.99. The van der Waals surface area contributed by atoms with Gasteiger partial charge in [-0.3, -0.25) is 4.98 Å². The van der Waals surface area contributed by atoms with Gasteiger partial charge >= 0.3 is 0 Å². The number of benzene rings is 1. The highest BCUT2D eigenvalue weighted by Crippen LogP contribution is 2.30. The van der Waals surface area contributed by atoms with Crippen LogP contribution in [-0.4, -0.2) is 9.97 Å². The van der Waals surface area contributed by atoms with E-state index in [9.17, 15) is 0 Å². The molecule has 0 saturated heterocycles. The molecule has 0 unspecified atom stereocenters. The van der Waals surface area contributed by atoms with Crippen LogP contribution >= 0.6 is 27.3 Å². The van der Waals surface area contributed by atoms with E-state index in [1.807, 2.05) is 18.3 Å². The van der Waals surface area contributed by atoms with Gasteiger partial charge in [0, 0.05) is 21.6 Å². The van der Waals surface area contributed by atoms with Crippen molar-refractivity contribution in [1.82, 2.24) is 9.97 Å². The van der Waals surface area contributed by atoms with E-state index in [2.05, 4.69) is 58.3 Å². The smallest absolute Gasteiger partial charge is 0.142 e. The number of aryl methyl sites for hydroxylation is 2.